The summed E-state index contributed by atoms with van der Waals surface area (Å²) in [6, 6.07) is 6.51. The number of carboxylic acid groups (broad SMARTS) is 1. The Morgan fingerprint density at radius 3 is 2.74 bits per heavy atom. The van der Waals surface area contributed by atoms with Gasteiger partial charge in [0.05, 0.1) is 16.7 Å². The lowest BCUT2D eigenvalue weighted by atomic mass is 10.2. The van der Waals surface area contributed by atoms with E-state index in [0.29, 0.717) is 0 Å². The Morgan fingerprint density at radius 1 is 1.37 bits per heavy atom. The first-order chi connectivity index (χ1) is 9.08. The van der Waals surface area contributed by atoms with Gasteiger partial charge in [-0.1, -0.05) is 0 Å². The highest BCUT2D eigenvalue weighted by molar-refractivity contribution is 5.88. The second kappa shape index (κ2) is 5.13. The van der Waals surface area contributed by atoms with Gasteiger partial charge in [0.2, 0.25) is 5.75 Å². The summed E-state index contributed by atoms with van der Waals surface area (Å²) in [5, 5.41) is 19.7. The fourth-order valence-corrected chi connectivity index (χ4v) is 1.41. The fourth-order valence-electron chi connectivity index (χ4n) is 1.41. The molecule has 7 heteroatoms. The van der Waals surface area contributed by atoms with Crippen molar-refractivity contribution < 1.29 is 19.6 Å². The van der Waals surface area contributed by atoms with Gasteiger partial charge in [0.15, 0.2) is 0 Å². The number of aromatic nitrogens is 1. The molecule has 0 radical (unpaired) electrons. The van der Waals surface area contributed by atoms with Gasteiger partial charge >= 0.3 is 11.7 Å². The van der Waals surface area contributed by atoms with E-state index in [-0.39, 0.29) is 22.7 Å². The molecule has 1 N–H and O–H groups in total. The van der Waals surface area contributed by atoms with E-state index in [2.05, 4.69) is 4.98 Å². The molecular formula is C12H8N2O5. The maximum atomic E-state index is 10.9. The van der Waals surface area contributed by atoms with Crippen molar-refractivity contribution in [3.8, 4) is 11.5 Å². The lowest BCUT2D eigenvalue weighted by molar-refractivity contribution is -0.385. The molecule has 7 nitrogen and oxygen atoms in total. The molecule has 0 aliphatic heterocycles. The monoisotopic (exact) mass is 260 g/mol. The van der Waals surface area contributed by atoms with Gasteiger partial charge in [0, 0.05) is 18.3 Å². The van der Waals surface area contributed by atoms with Crippen LogP contribution in [0.15, 0.2) is 42.7 Å². The van der Waals surface area contributed by atoms with Crippen LogP contribution in [0.5, 0.6) is 11.5 Å². The Bertz CT molecular complexity index is 627. The van der Waals surface area contributed by atoms with E-state index in [0.717, 1.165) is 18.2 Å². The van der Waals surface area contributed by atoms with Crippen LogP contribution in [0.2, 0.25) is 0 Å². The lowest BCUT2D eigenvalue weighted by Crippen LogP contribution is -1.99. The van der Waals surface area contributed by atoms with Gasteiger partial charge in [-0.3, -0.25) is 15.1 Å². The number of nitro groups is 1. The van der Waals surface area contributed by atoms with Crippen molar-refractivity contribution in [1.82, 2.24) is 4.98 Å². The van der Waals surface area contributed by atoms with E-state index in [1.165, 1.54) is 12.4 Å². The zero-order chi connectivity index (χ0) is 13.8. The van der Waals surface area contributed by atoms with Crippen LogP contribution in [0, 0.1) is 10.1 Å². The van der Waals surface area contributed by atoms with Crippen molar-refractivity contribution in [2.45, 2.75) is 0 Å². The average Bonchev–Trinajstić information content (AvgIpc) is 2.39. The predicted molar refractivity (Wildman–Crippen MR) is 64.4 cm³/mol. The van der Waals surface area contributed by atoms with Crippen molar-refractivity contribution in [1.29, 1.82) is 0 Å². The molecule has 1 heterocycles. The molecule has 0 saturated heterocycles. The van der Waals surface area contributed by atoms with Crippen LogP contribution >= 0.6 is 0 Å². The summed E-state index contributed by atoms with van der Waals surface area (Å²) in [4.78, 5) is 24.9. The second-order valence-corrected chi connectivity index (χ2v) is 3.54. The zero-order valence-electron chi connectivity index (χ0n) is 9.52. The molecule has 0 atom stereocenters. The SMILES string of the molecule is O=C(O)c1ccc([N+](=O)[O-])c(Oc2cccnc2)c1. The number of hydrogen-bond acceptors (Lipinski definition) is 5. The molecule has 0 amide bonds. The van der Waals surface area contributed by atoms with Crippen molar-refractivity contribution >= 4 is 11.7 Å². The van der Waals surface area contributed by atoms with Gasteiger partial charge in [-0.05, 0) is 18.2 Å². The molecule has 1 aromatic heterocycles. The molecule has 19 heavy (non-hydrogen) atoms. The number of carbonyl (C=O) groups is 1. The molecule has 0 unspecified atom stereocenters. The van der Waals surface area contributed by atoms with Gasteiger partial charge in [0.25, 0.3) is 0 Å². The average molecular weight is 260 g/mol. The lowest BCUT2D eigenvalue weighted by Gasteiger charge is -2.06. The Balaban J connectivity index is 2.43. The van der Waals surface area contributed by atoms with E-state index in [1.807, 2.05) is 0 Å². The number of carboxylic acids is 1. The topological polar surface area (TPSA) is 103 Å². The Labute approximate surface area is 107 Å². The molecule has 0 fully saturated rings. The third-order valence-corrected chi connectivity index (χ3v) is 2.27. The van der Waals surface area contributed by atoms with Crippen LogP contribution in [0.4, 0.5) is 5.69 Å². The van der Waals surface area contributed by atoms with Gasteiger partial charge in [-0.2, -0.15) is 0 Å². The minimum Gasteiger partial charge on any atom is -0.478 e. The summed E-state index contributed by atoms with van der Waals surface area (Å²) in [5.74, 6) is -1.04. The third-order valence-electron chi connectivity index (χ3n) is 2.27. The number of hydrogen-bond donors (Lipinski definition) is 1. The number of aromatic carboxylic acids is 1. The van der Waals surface area contributed by atoms with E-state index in [1.54, 1.807) is 12.1 Å². The van der Waals surface area contributed by atoms with Crippen LogP contribution in [0.3, 0.4) is 0 Å². The minimum absolute atomic E-state index is 0.0931. The quantitative estimate of drug-likeness (QED) is 0.669. The standard InChI is InChI=1S/C12H8N2O5/c15-12(16)8-3-4-10(14(17)18)11(6-8)19-9-2-1-5-13-7-9/h1-7H,(H,15,16). The molecule has 0 aliphatic carbocycles. The van der Waals surface area contributed by atoms with Crippen molar-refractivity contribution in [3.05, 3.63) is 58.4 Å². The molecule has 0 saturated carbocycles. The van der Waals surface area contributed by atoms with Gasteiger partial charge < -0.3 is 9.84 Å². The molecular weight excluding hydrogens is 252 g/mol. The Hall–Kier alpha value is -2.96. The first kappa shape index (κ1) is 12.5. The summed E-state index contributed by atoms with van der Waals surface area (Å²) in [6.45, 7) is 0. The largest absolute Gasteiger partial charge is 0.478 e. The maximum absolute atomic E-state index is 10.9. The van der Waals surface area contributed by atoms with Crippen LogP contribution < -0.4 is 4.74 Å². The summed E-state index contributed by atoms with van der Waals surface area (Å²) in [5.41, 5.74) is -0.404. The first-order valence-corrected chi connectivity index (χ1v) is 5.17. The zero-order valence-corrected chi connectivity index (χ0v) is 9.52. The van der Waals surface area contributed by atoms with Gasteiger partial charge in [-0.15, -0.1) is 0 Å². The van der Waals surface area contributed by atoms with Gasteiger partial charge in [-0.25, -0.2) is 4.79 Å². The first-order valence-electron chi connectivity index (χ1n) is 5.17. The molecule has 0 bridgehead atoms. The van der Waals surface area contributed by atoms with Crippen molar-refractivity contribution in [2.24, 2.45) is 0 Å². The van der Waals surface area contributed by atoms with Crippen LogP contribution in [-0.4, -0.2) is 21.0 Å². The van der Waals surface area contributed by atoms with E-state index < -0.39 is 10.9 Å². The van der Waals surface area contributed by atoms with Gasteiger partial charge in [0.1, 0.15) is 5.75 Å². The second-order valence-electron chi connectivity index (χ2n) is 3.54. The van der Waals surface area contributed by atoms with Crippen molar-refractivity contribution in [2.75, 3.05) is 0 Å². The summed E-state index contributed by atoms with van der Waals surface area (Å²) < 4.78 is 5.29. The molecule has 0 aliphatic rings. The van der Waals surface area contributed by atoms with E-state index >= 15 is 0 Å². The third kappa shape index (κ3) is 2.83. The number of benzene rings is 1. The molecule has 96 valence electrons. The number of rotatable bonds is 4. The Kier molecular flexibility index (Phi) is 3.37. The summed E-state index contributed by atoms with van der Waals surface area (Å²) in [6.07, 6.45) is 2.89. The maximum Gasteiger partial charge on any atom is 0.335 e. The Morgan fingerprint density at radius 2 is 2.16 bits per heavy atom. The fraction of sp³-hybridized carbons (Fsp3) is 0. The summed E-state index contributed by atoms with van der Waals surface area (Å²) in [7, 11) is 0. The smallest absolute Gasteiger partial charge is 0.335 e. The number of nitrogens with zero attached hydrogens (tertiary/aromatic N) is 2. The van der Waals surface area contributed by atoms with Crippen LogP contribution in [0.1, 0.15) is 10.4 Å². The van der Waals surface area contributed by atoms with E-state index in [9.17, 15) is 14.9 Å². The van der Waals surface area contributed by atoms with E-state index in [4.69, 9.17) is 9.84 Å². The van der Waals surface area contributed by atoms with Crippen LogP contribution in [0.25, 0.3) is 0 Å². The van der Waals surface area contributed by atoms with Crippen molar-refractivity contribution in [3.63, 3.8) is 0 Å². The molecule has 2 aromatic rings. The number of ether oxygens (including phenoxy) is 1. The predicted octanol–water partition coefficient (Wildman–Crippen LogP) is 2.48. The molecule has 1 aromatic carbocycles. The molecule has 2 rings (SSSR count). The number of pyridine rings is 1. The highest BCUT2D eigenvalue weighted by atomic mass is 16.6. The number of nitro benzene ring substituents is 1. The molecule has 0 spiro atoms. The minimum atomic E-state index is -1.19. The highest BCUT2D eigenvalue weighted by Crippen LogP contribution is 2.31. The van der Waals surface area contributed by atoms with Crippen LogP contribution in [-0.2, 0) is 0 Å². The summed E-state index contributed by atoms with van der Waals surface area (Å²) >= 11 is 0. The highest BCUT2D eigenvalue weighted by Gasteiger charge is 2.18. The normalized spacial score (nSPS) is 9.89.